The first-order valence-corrected chi connectivity index (χ1v) is 6.75. The molecule has 0 saturated carbocycles. The van der Waals surface area contributed by atoms with Crippen LogP contribution in [0.1, 0.15) is 5.56 Å². The lowest BCUT2D eigenvalue weighted by molar-refractivity contribution is -0.384. The quantitative estimate of drug-likeness (QED) is 0.339. The molecule has 0 atom stereocenters. The number of nitro benzene ring substituents is 1. The van der Waals surface area contributed by atoms with Crippen molar-refractivity contribution in [2.24, 2.45) is 5.84 Å². The van der Waals surface area contributed by atoms with Crippen molar-refractivity contribution in [3.05, 3.63) is 58.1 Å². The van der Waals surface area contributed by atoms with Crippen LogP contribution in [0.5, 0.6) is 5.75 Å². The molecule has 0 radical (unpaired) electrons. The molecule has 0 unspecified atom stereocenters. The van der Waals surface area contributed by atoms with Gasteiger partial charge in [0.15, 0.2) is 0 Å². The summed E-state index contributed by atoms with van der Waals surface area (Å²) in [5, 5.41) is 20.3. The third-order valence-electron chi connectivity index (χ3n) is 2.68. The number of phenolic OH excluding ortho intramolecular Hbond substituents is 1. The van der Waals surface area contributed by atoms with Crippen LogP contribution in [0, 0.1) is 10.1 Å². The van der Waals surface area contributed by atoms with E-state index in [9.17, 15) is 15.2 Å². The lowest BCUT2D eigenvalue weighted by atomic mass is 10.2. The van der Waals surface area contributed by atoms with Crippen LogP contribution in [-0.4, -0.2) is 10.0 Å². The van der Waals surface area contributed by atoms with Gasteiger partial charge in [-0.2, -0.15) is 0 Å². The molecule has 4 N–H and O–H groups in total. The van der Waals surface area contributed by atoms with E-state index in [1.54, 1.807) is 30.3 Å². The second kappa shape index (κ2) is 6.27. The predicted octanol–water partition coefficient (Wildman–Crippen LogP) is 2.88. The summed E-state index contributed by atoms with van der Waals surface area (Å²) in [4.78, 5) is 11.3. The molecular formula is C13H13N3O3S. The maximum absolute atomic E-state index is 10.9. The molecule has 104 valence electrons. The molecular weight excluding hydrogens is 278 g/mol. The van der Waals surface area contributed by atoms with Gasteiger partial charge in [-0.1, -0.05) is 18.2 Å². The highest BCUT2D eigenvalue weighted by Gasteiger charge is 2.16. The SMILES string of the molecule is NNc1c(CSc2cccc(O)c2)cccc1[N+](=O)[O-]. The van der Waals surface area contributed by atoms with E-state index in [2.05, 4.69) is 5.43 Å². The monoisotopic (exact) mass is 291 g/mol. The Morgan fingerprint density at radius 3 is 2.70 bits per heavy atom. The minimum atomic E-state index is -0.474. The van der Waals surface area contributed by atoms with Gasteiger partial charge in [0.05, 0.1) is 4.92 Å². The topological polar surface area (TPSA) is 101 Å². The molecule has 0 spiro atoms. The summed E-state index contributed by atoms with van der Waals surface area (Å²) in [5.74, 6) is 6.07. The number of thioether (sulfide) groups is 1. The number of nitrogens with two attached hydrogens (primary N) is 1. The van der Waals surface area contributed by atoms with Crippen LogP contribution in [0.3, 0.4) is 0 Å². The fourth-order valence-corrected chi connectivity index (χ4v) is 2.70. The van der Waals surface area contributed by atoms with Crippen molar-refractivity contribution in [1.29, 1.82) is 0 Å². The number of nitrogen functional groups attached to an aromatic ring is 1. The zero-order valence-corrected chi connectivity index (χ0v) is 11.3. The van der Waals surface area contributed by atoms with Gasteiger partial charge in [0.25, 0.3) is 5.69 Å². The lowest BCUT2D eigenvalue weighted by Crippen LogP contribution is -2.11. The van der Waals surface area contributed by atoms with E-state index in [1.807, 2.05) is 6.07 Å². The van der Waals surface area contributed by atoms with Gasteiger partial charge in [0.2, 0.25) is 0 Å². The van der Waals surface area contributed by atoms with Crippen molar-refractivity contribution in [1.82, 2.24) is 0 Å². The van der Waals surface area contributed by atoms with Crippen molar-refractivity contribution in [2.75, 3.05) is 5.43 Å². The van der Waals surface area contributed by atoms with Crippen LogP contribution in [0.2, 0.25) is 0 Å². The molecule has 0 amide bonds. The minimum absolute atomic E-state index is 0.0542. The van der Waals surface area contributed by atoms with Crippen LogP contribution < -0.4 is 11.3 Å². The van der Waals surface area contributed by atoms with E-state index in [1.165, 1.54) is 17.8 Å². The Morgan fingerprint density at radius 2 is 2.05 bits per heavy atom. The van der Waals surface area contributed by atoms with Crippen molar-refractivity contribution in [2.45, 2.75) is 10.6 Å². The normalized spacial score (nSPS) is 10.2. The molecule has 0 bridgehead atoms. The molecule has 0 aromatic heterocycles. The average Bonchev–Trinajstić information content (AvgIpc) is 2.44. The Balaban J connectivity index is 2.21. The number of phenols is 1. The molecule has 0 aliphatic carbocycles. The van der Waals surface area contributed by atoms with E-state index in [4.69, 9.17) is 5.84 Å². The van der Waals surface area contributed by atoms with Crippen molar-refractivity contribution in [3.8, 4) is 5.75 Å². The molecule has 20 heavy (non-hydrogen) atoms. The van der Waals surface area contributed by atoms with Gasteiger partial charge in [-0.25, -0.2) is 0 Å². The molecule has 2 rings (SSSR count). The number of para-hydroxylation sites is 1. The van der Waals surface area contributed by atoms with Crippen LogP contribution >= 0.6 is 11.8 Å². The van der Waals surface area contributed by atoms with E-state index < -0.39 is 4.92 Å². The zero-order chi connectivity index (χ0) is 14.5. The first-order valence-electron chi connectivity index (χ1n) is 5.76. The molecule has 0 heterocycles. The molecule has 0 aliphatic heterocycles. The summed E-state index contributed by atoms with van der Waals surface area (Å²) in [6, 6.07) is 11.6. The summed E-state index contributed by atoms with van der Waals surface area (Å²) in [6.45, 7) is 0. The highest BCUT2D eigenvalue weighted by molar-refractivity contribution is 7.98. The molecule has 2 aromatic carbocycles. The largest absolute Gasteiger partial charge is 0.508 e. The van der Waals surface area contributed by atoms with Crippen molar-refractivity contribution >= 4 is 23.1 Å². The summed E-state index contributed by atoms with van der Waals surface area (Å²) in [7, 11) is 0. The van der Waals surface area contributed by atoms with Gasteiger partial charge >= 0.3 is 0 Å². The first-order chi connectivity index (χ1) is 9.61. The standard InChI is InChI=1S/C13H13N3O3S/c14-15-13-9(3-1-6-12(13)16(18)19)8-20-11-5-2-4-10(17)7-11/h1-7,15,17H,8,14H2. The summed E-state index contributed by atoms with van der Waals surface area (Å²) >= 11 is 1.46. The second-order valence-electron chi connectivity index (χ2n) is 4.00. The Bertz CT molecular complexity index is 634. The molecule has 7 heteroatoms. The van der Waals surface area contributed by atoms with E-state index in [-0.39, 0.29) is 11.4 Å². The number of rotatable bonds is 5. The van der Waals surface area contributed by atoms with Crippen LogP contribution in [-0.2, 0) is 5.75 Å². The molecule has 2 aromatic rings. The summed E-state index contributed by atoms with van der Waals surface area (Å²) < 4.78 is 0. The maximum atomic E-state index is 10.9. The maximum Gasteiger partial charge on any atom is 0.293 e. The van der Waals surface area contributed by atoms with E-state index in [0.29, 0.717) is 11.4 Å². The summed E-state index contributed by atoms with van der Waals surface area (Å²) in [6.07, 6.45) is 0. The van der Waals surface area contributed by atoms with Gasteiger partial charge in [-0.3, -0.25) is 16.0 Å². The van der Waals surface area contributed by atoms with Crippen LogP contribution in [0.15, 0.2) is 47.4 Å². The molecule has 0 aliphatic rings. The molecule has 0 saturated heterocycles. The van der Waals surface area contributed by atoms with E-state index in [0.717, 1.165) is 10.5 Å². The average molecular weight is 291 g/mol. The van der Waals surface area contributed by atoms with Gasteiger partial charge < -0.3 is 10.5 Å². The van der Waals surface area contributed by atoms with Gasteiger partial charge in [-0.05, 0) is 23.8 Å². The van der Waals surface area contributed by atoms with Crippen molar-refractivity contribution < 1.29 is 10.0 Å². The van der Waals surface area contributed by atoms with Crippen molar-refractivity contribution in [3.63, 3.8) is 0 Å². The zero-order valence-electron chi connectivity index (χ0n) is 10.4. The number of nitrogens with one attached hydrogen (secondary N) is 1. The number of hydrazine groups is 1. The van der Waals surface area contributed by atoms with E-state index >= 15 is 0 Å². The van der Waals surface area contributed by atoms with Gasteiger partial charge in [-0.15, -0.1) is 11.8 Å². The Morgan fingerprint density at radius 1 is 1.30 bits per heavy atom. The Kier molecular flexibility index (Phi) is 4.44. The fraction of sp³-hybridized carbons (Fsp3) is 0.0769. The number of hydrogen-bond acceptors (Lipinski definition) is 6. The highest BCUT2D eigenvalue weighted by Crippen LogP contribution is 2.32. The number of anilines is 1. The fourth-order valence-electron chi connectivity index (χ4n) is 1.76. The first kappa shape index (κ1) is 14.2. The third-order valence-corrected chi connectivity index (χ3v) is 3.72. The molecule has 0 fully saturated rings. The van der Waals surface area contributed by atoms with Crippen LogP contribution in [0.25, 0.3) is 0 Å². The Labute approximate surface area is 119 Å². The molecule has 6 nitrogen and oxygen atoms in total. The number of benzene rings is 2. The number of hydrogen-bond donors (Lipinski definition) is 3. The van der Waals surface area contributed by atoms with Crippen LogP contribution in [0.4, 0.5) is 11.4 Å². The van der Waals surface area contributed by atoms with Gasteiger partial charge in [0, 0.05) is 16.7 Å². The number of nitrogens with zero attached hydrogens (tertiary/aromatic N) is 1. The lowest BCUT2D eigenvalue weighted by Gasteiger charge is -2.09. The number of aromatic hydroxyl groups is 1. The van der Waals surface area contributed by atoms with Gasteiger partial charge in [0.1, 0.15) is 11.4 Å². The summed E-state index contributed by atoms with van der Waals surface area (Å²) in [5.41, 5.74) is 3.38. The Hall–Kier alpha value is -2.25. The highest BCUT2D eigenvalue weighted by atomic mass is 32.2. The second-order valence-corrected chi connectivity index (χ2v) is 5.05. The predicted molar refractivity (Wildman–Crippen MR) is 78.6 cm³/mol. The third kappa shape index (κ3) is 3.19. The smallest absolute Gasteiger partial charge is 0.293 e. The number of nitro groups is 1. The minimum Gasteiger partial charge on any atom is -0.508 e.